The Balaban J connectivity index is 2.21. The van der Waals surface area contributed by atoms with Crippen LogP contribution in [0.1, 0.15) is 23.7 Å². The Morgan fingerprint density at radius 3 is 3.22 bits per heavy atom. The van der Waals surface area contributed by atoms with Crippen molar-refractivity contribution in [2.45, 2.75) is 19.4 Å². The van der Waals surface area contributed by atoms with Gasteiger partial charge >= 0.3 is 0 Å². The zero-order valence-corrected chi connectivity index (χ0v) is 11.0. The Kier molecular flexibility index (Phi) is 4.04. The van der Waals surface area contributed by atoms with Gasteiger partial charge in [-0.25, -0.2) is 4.98 Å². The second kappa shape index (κ2) is 5.54. The molecule has 1 aliphatic rings. The van der Waals surface area contributed by atoms with Gasteiger partial charge in [-0.1, -0.05) is 11.6 Å². The number of nitrogen functional groups attached to an aromatic ring is 1. The third-order valence-corrected chi connectivity index (χ3v) is 3.13. The summed E-state index contributed by atoms with van der Waals surface area (Å²) in [5.41, 5.74) is 6.42. The second-order valence-electron chi connectivity index (χ2n) is 4.39. The van der Waals surface area contributed by atoms with Crippen LogP contribution in [0.4, 0.5) is 5.69 Å². The van der Waals surface area contributed by atoms with Gasteiger partial charge in [0, 0.05) is 19.7 Å². The van der Waals surface area contributed by atoms with Crippen LogP contribution in [0.15, 0.2) is 12.3 Å². The number of carbonyl (C=O) groups is 1. The Bertz CT molecular complexity index is 453. The normalized spacial score (nSPS) is 20.6. The minimum Gasteiger partial charge on any atom is -0.397 e. The first kappa shape index (κ1) is 13.1. The fourth-order valence-corrected chi connectivity index (χ4v) is 2.15. The lowest BCUT2D eigenvalue weighted by atomic mass is 10.2. The van der Waals surface area contributed by atoms with Crippen molar-refractivity contribution in [1.82, 2.24) is 9.88 Å². The summed E-state index contributed by atoms with van der Waals surface area (Å²) in [6, 6.07) is 1.56. The third-order valence-electron chi connectivity index (χ3n) is 2.83. The van der Waals surface area contributed by atoms with Crippen LogP contribution in [-0.4, -0.2) is 41.6 Å². The summed E-state index contributed by atoms with van der Waals surface area (Å²) in [5.74, 6) is -0.142. The summed E-state index contributed by atoms with van der Waals surface area (Å²) >= 11 is 5.94. The summed E-state index contributed by atoms with van der Waals surface area (Å²) in [6.07, 6.45) is 2.29. The van der Waals surface area contributed by atoms with Crippen molar-refractivity contribution in [2.75, 3.05) is 25.4 Å². The van der Waals surface area contributed by atoms with Crippen LogP contribution >= 0.6 is 11.6 Å². The first-order valence-corrected chi connectivity index (χ1v) is 6.27. The van der Waals surface area contributed by atoms with E-state index in [-0.39, 0.29) is 17.2 Å². The maximum atomic E-state index is 12.4. The van der Waals surface area contributed by atoms with Crippen molar-refractivity contribution in [3.8, 4) is 0 Å². The van der Waals surface area contributed by atoms with Crippen LogP contribution in [0.25, 0.3) is 0 Å². The molecular weight excluding hydrogens is 254 g/mol. The number of pyridine rings is 1. The predicted molar refractivity (Wildman–Crippen MR) is 69.6 cm³/mol. The number of rotatable bonds is 1. The topological polar surface area (TPSA) is 68.5 Å². The summed E-state index contributed by atoms with van der Waals surface area (Å²) in [4.78, 5) is 18.0. The lowest BCUT2D eigenvalue weighted by molar-refractivity contribution is 0.0562. The van der Waals surface area contributed by atoms with Crippen LogP contribution < -0.4 is 5.73 Å². The van der Waals surface area contributed by atoms with Gasteiger partial charge in [-0.3, -0.25) is 4.79 Å². The average Bonchev–Trinajstić information content (AvgIpc) is 2.56. The monoisotopic (exact) mass is 269 g/mol. The Morgan fingerprint density at radius 1 is 1.67 bits per heavy atom. The van der Waals surface area contributed by atoms with Crippen molar-refractivity contribution in [2.24, 2.45) is 0 Å². The van der Waals surface area contributed by atoms with E-state index in [9.17, 15) is 4.79 Å². The molecule has 1 aromatic heterocycles. The molecule has 18 heavy (non-hydrogen) atoms. The molecule has 1 unspecified atom stereocenters. The van der Waals surface area contributed by atoms with E-state index >= 15 is 0 Å². The molecule has 1 saturated heterocycles. The molecule has 1 fully saturated rings. The van der Waals surface area contributed by atoms with Crippen molar-refractivity contribution >= 4 is 23.2 Å². The number of halogens is 1. The van der Waals surface area contributed by atoms with Crippen LogP contribution in [-0.2, 0) is 4.74 Å². The molecule has 0 bridgehead atoms. The molecule has 1 aromatic rings. The van der Waals surface area contributed by atoms with Crippen LogP contribution in [0, 0.1) is 0 Å². The molecule has 0 aromatic carbocycles. The maximum absolute atomic E-state index is 12.4. The minimum absolute atomic E-state index is 0.0317. The zero-order chi connectivity index (χ0) is 13.1. The SMILES string of the molecule is CC1CN(C(=O)c2cc(N)cnc2Cl)CCCO1. The molecule has 2 N–H and O–H groups in total. The van der Waals surface area contributed by atoms with E-state index < -0.39 is 0 Å². The number of amides is 1. The molecular formula is C12H16ClN3O2. The Morgan fingerprint density at radius 2 is 2.44 bits per heavy atom. The van der Waals surface area contributed by atoms with Gasteiger partial charge < -0.3 is 15.4 Å². The number of ether oxygens (including phenoxy) is 1. The van der Waals surface area contributed by atoms with Crippen molar-refractivity contribution < 1.29 is 9.53 Å². The highest BCUT2D eigenvalue weighted by Crippen LogP contribution is 2.19. The third kappa shape index (κ3) is 2.91. The molecule has 0 aliphatic carbocycles. The molecule has 1 atom stereocenters. The van der Waals surface area contributed by atoms with Crippen molar-refractivity contribution in [1.29, 1.82) is 0 Å². The number of anilines is 1. The molecule has 0 radical (unpaired) electrons. The van der Waals surface area contributed by atoms with E-state index in [0.717, 1.165) is 6.42 Å². The van der Waals surface area contributed by atoms with E-state index in [1.165, 1.54) is 6.20 Å². The number of aromatic nitrogens is 1. The zero-order valence-electron chi connectivity index (χ0n) is 10.2. The van der Waals surface area contributed by atoms with Crippen molar-refractivity contribution in [3.05, 3.63) is 23.0 Å². The van der Waals surface area contributed by atoms with Gasteiger partial charge in [0.25, 0.3) is 5.91 Å². The summed E-state index contributed by atoms with van der Waals surface area (Å²) in [5, 5.41) is 0.187. The van der Waals surface area contributed by atoms with E-state index in [2.05, 4.69) is 4.98 Å². The van der Waals surface area contributed by atoms with Crippen molar-refractivity contribution in [3.63, 3.8) is 0 Å². The lowest BCUT2D eigenvalue weighted by Crippen LogP contribution is -2.36. The van der Waals surface area contributed by atoms with Gasteiger partial charge in [-0.15, -0.1) is 0 Å². The molecule has 0 saturated carbocycles. The quantitative estimate of drug-likeness (QED) is 0.786. The van der Waals surface area contributed by atoms with E-state index in [4.69, 9.17) is 22.1 Å². The van der Waals surface area contributed by atoms with E-state index in [1.807, 2.05) is 6.92 Å². The fraction of sp³-hybridized carbons (Fsp3) is 0.500. The van der Waals surface area contributed by atoms with Gasteiger partial charge in [0.2, 0.25) is 0 Å². The Hall–Kier alpha value is -1.33. The largest absolute Gasteiger partial charge is 0.397 e. The van der Waals surface area contributed by atoms with Gasteiger partial charge in [0.1, 0.15) is 5.15 Å². The number of nitrogens with two attached hydrogens (primary N) is 1. The molecule has 1 aliphatic heterocycles. The summed E-state index contributed by atoms with van der Waals surface area (Å²) in [7, 11) is 0. The van der Waals surface area contributed by atoms with Crippen LogP contribution in [0.3, 0.4) is 0 Å². The van der Waals surface area contributed by atoms with Gasteiger partial charge in [0.15, 0.2) is 0 Å². The van der Waals surface area contributed by atoms with Gasteiger partial charge in [0.05, 0.1) is 23.6 Å². The molecule has 0 spiro atoms. The highest BCUT2D eigenvalue weighted by atomic mass is 35.5. The number of nitrogens with zero attached hydrogens (tertiary/aromatic N) is 2. The van der Waals surface area contributed by atoms with Crippen LogP contribution in [0.2, 0.25) is 5.15 Å². The fourth-order valence-electron chi connectivity index (χ4n) is 1.96. The Labute approximate surface area is 111 Å². The van der Waals surface area contributed by atoms with E-state index in [0.29, 0.717) is 30.9 Å². The number of hydrogen-bond acceptors (Lipinski definition) is 4. The first-order chi connectivity index (χ1) is 8.58. The molecule has 2 rings (SSSR count). The molecule has 1 amide bonds. The summed E-state index contributed by atoms with van der Waals surface area (Å²) < 4.78 is 5.51. The number of hydrogen-bond donors (Lipinski definition) is 1. The van der Waals surface area contributed by atoms with Gasteiger partial charge in [-0.2, -0.15) is 0 Å². The highest BCUT2D eigenvalue weighted by Gasteiger charge is 2.23. The van der Waals surface area contributed by atoms with E-state index in [1.54, 1.807) is 11.0 Å². The standard InChI is InChI=1S/C12H16ClN3O2/c1-8-7-16(3-2-4-18-8)12(17)10-5-9(14)6-15-11(10)13/h5-6,8H,2-4,7,14H2,1H3. The molecule has 6 heteroatoms. The highest BCUT2D eigenvalue weighted by molar-refractivity contribution is 6.32. The molecule has 98 valence electrons. The predicted octanol–water partition coefficient (Wildman–Crippen LogP) is 1.57. The molecule has 5 nitrogen and oxygen atoms in total. The number of carbonyl (C=O) groups excluding carboxylic acids is 1. The minimum atomic E-state index is -0.142. The average molecular weight is 270 g/mol. The van der Waals surface area contributed by atoms with Crippen LogP contribution in [0.5, 0.6) is 0 Å². The smallest absolute Gasteiger partial charge is 0.257 e. The first-order valence-electron chi connectivity index (χ1n) is 5.90. The lowest BCUT2D eigenvalue weighted by Gasteiger charge is -2.22. The second-order valence-corrected chi connectivity index (χ2v) is 4.75. The maximum Gasteiger partial charge on any atom is 0.257 e. The summed E-state index contributed by atoms with van der Waals surface area (Å²) in [6.45, 7) is 3.84. The molecule has 2 heterocycles. The van der Waals surface area contributed by atoms with Gasteiger partial charge in [-0.05, 0) is 19.4 Å².